The molecule has 5 rings (SSSR count). The lowest BCUT2D eigenvalue weighted by atomic mass is 9.85. The fourth-order valence-corrected chi connectivity index (χ4v) is 3.72. The minimum atomic E-state index is 0.530. The van der Waals surface area contributed by atoms with Gasteiger partial charge in [0.2, 0.25) is 0 Å². The Labute approximate surface area is 152 Å². The van der Waals surface area contributed by atoms with Crippen LogP contribution in [0.1, 0.15) is 36.6 Å². The molecule has 26 heavy (non-hydrogen) atoms. The van der Waals surface area contributed by atoms with Crippen LogP contribution in [0.2, 0.25) is 0 Å². The number of likely N-dealkylation sites (N-methyl/N-ethyl adjacent to an activating group) is 1. The van der Waals surface area contributed by atoms with Crippen molar-refractivity contribution in [2.24, 2.45) is 0 Å². The SMILES string of the molecule is CN(Cc1cccnc1)C1CN(c2ccc3nnc(C4CCC4)n3n2)C1. The van der Waals surface area contributed by atoms with Crippen molar-refractivity contribution < 1.29 is 0 Å². The Balaban J connectivity index is 1.27. The van der Waals surface area contributed by atoms with Crippen molar-refractivity contribution in [3.8, 4) is 0 Å². The Morgan fingerprint density at radius 1 is 1.15 bits per heavy atom. The van der Waals surface area contributed by atoms with E-state index in [-0.39, 0.29) is 0 Å². The summed E-state index contributed by atoms with van der Waals surface area (Å²) < 4.78 is 1.95. The molecule has 0 atom stereocenters. The zero-order chi connectivity index (χ0) is 17.5. The van der Waals surface area contributed by atoms with Gasteiger partial charge >= 0.3 is 0 Å². The first-order valence-electron chi connectivity index (χ1n) is 9.34. The number of fused-ring (bicyclic) bond motifs is 1. The molecular weight excluding hydrogens is 326 g/mol. The summed E-state index contributed by atoms with van der Waals surface area (Å²) in [6.07, 6.45) is 7.46. The molecule has 0 aromatic carbocycles. The number of aromatic nitrogens is 5. The second kappa shape index (κ2) is 6.32. The van der Waals surface area contributed by atoms with Crippen LogP contribution in [0.5, 0.6) is 0 Å². The zero-order valence-corrected chi connectivity index (χ0v) is 15.0. The maximum Gasteiger partial charge on any atom is 0.178 e. The summed E-state index contributed by atoms with van der Waals surface area (Å²) in [6.45, 7) is 2.92. The molecule has 0 radical (unpaired) electrons. The van der Waals surface area contributed by atoms with E-state index in [1.54, 1.807) is 0 Å². The summed E-state index contributed by atoms with van der Waals surface area (Å²) in [5.41, 5.74) is 2.10. The van der Waals surface area contributed by atoms with Gasteiger partial charge in [0.05, 0.1) is 0 Å². The highest BCUT2D eigenvalue weighted by Crippen LogP contribution is 2.35. The van der Waals surface area contributed by atoms with E-state index in [1.807, 2.05) is 29.0 Å². The van der Waals surface area contributed by atoms with Gasteiger partial charge in [0.15, 0.2) is 11.5 Å². The molecule has 2 fully saturated rings. The predicted octanol–water partition coefficient (Wildman–Crippen LogP) is 2.11. The first-order chi connectivity index (χ1) is 12.8. The summed E-state index contributed by atoms with van der Waals surface area (Å²) in [5, 5.41) is 13.5. The molecule has 0 N–H and O–H groups in total. The van der Waals surface area contributed by atoms with Crippen molar-refractivity contribution in [1.29, 1.82) is 0 Å². The monoisotopic (exact) mass is 349 g/mol. The average Bonchev–Trinajstić information content (AvgIpc) is 2.96. The Morgan fingerprint density at radius 3 is 2.77 bits per heavy atom. The van der Waals surface area contributed by atoms with Gasteiger partial charge < -0.3 is 4.90 Å². The third-order valence-electron chi connectivity index (χ3n) is 5.71. The quantitative estimate of drug-likeness (QED) is 0.703. The van der Waals surface area contributed by atoms with Crippen LogP contribution < -0.4 is 4.90 Å². The summed E-state index contributed by atoms with van der Waals surface area (Å²) in [6, 6.07) is 8.76. The maximum absolute atomic E-state index is 4.83. The first-order valence-corrected chi connectivity index (χ1v) is 9.34. The molecule has 4 heterocycles. The van der Waals surface area contributed by atoms with Crippen molar-refractivity contribution in [3.63, 3.8) is 0 Å². The molecule has 0 spiro atoms. The summed E-state index contributed by atoms with van der Waals surface area (Å²) in [7, 11) is 2.18. The molecule has 0 bridgehead atoms. The third-order valence-corrected chi connectivity index (χ3v) is 5.71. The molecule has 7 nitrogen and oxygen atoms in total. The molecule has 1 saturated heterocycles. The number of rotatable bonds is 5. The Bertz CT molecular complexity index is 897. The number of anilines is 1. The van der Waals surface area contributed by atoms with E-state index in [4.69, 9.17) is 5.10 Å². The Kier molecular flexibility index (Phi) is 3.81. The fraction of sp³-hybridized carbons (Fsp3) is 0.474. The second-order valence-corrected chi connectivity index (χ2v) is 7.48. The third kappa shape index (κ3) is 2.72. The summed E-state index contributed by atoms with van der Waals surface area (Å²) >= 11 is 0. The number of hydrogen-bond donors (Lipinski definition) is 0. The van der Waals surface area contributed by atoms with Gasteiger partial charge in [-0.05, 0) is 43.7 Å². The molecular formula is C19H23N7. The maximum atomic E-state index is 4.83. The highest BCUT2D eigenvalue weighted by Gasteiger charge is 2.32. The Hall–Kier alpha value is -2.54. The van der Waals surface area contributed by atoms with Gasteiger partial charge in [0, 0.05) is 44.0 Å². The van der Waals surface area contributed by atoms with Crippen LogP contribution in [-0.4, -0.2) is 55.9 Å². The van der Waals surface area contributed by atoms with Crippen LogP contribution in [-0.2, 0) is 6.54 Å². The van der Waals surface area contributed by atoms with Crippen LogP contribution >= 0.6 is 0 Å². The predicted molar refractivity (Wildman–Crippen MR) is 99.1 cm³/mol. The van der Waals surface area contributed by atoms with E-state index in [0.29, 0.717) is 12.0 Å². The van der Waals surface area contributed by atoms with Crippen molar-refractivity contribution in [3.05, 3.63) is 48.0 Å². The molecule has 0 unspecified atom stereocenters. The van der Waals surface area contributed by atoms with Crippen LogP contribution in [0.15, 0.2) is 36.7 Å². The molecule has 0 amide bonds. The van der Waals surface area contributed by atoms with Gasteiger partial charge in [-0.15, -0.1) is 15.3 Å². The largest absolute Gasteiger partial charge is 0.352 e. The number of nitrogens with zero attached hydrogens (tertiary/aromatic N) is 7. The van der Waals surface area contributed by atoms with E-state index >= 15 is 0 Å². The zero-order valence-electron chi connectivity index (χ0n) is 15.0. The van der Waals surface area contributed by atoms with Crippen molar-refractivity contribution in [2.75, 3.05) is 25.0 Å². The molecule has 3 aromatic heterocycles. The normalized spacial score (nSPS) is 18.3. The van der Waals surface area contributed by atoms with Gasteiger partial charge in [0.25, 0.3) is 0 Å². The highest BCUT2D eigenvalue weighted by molar-refractivity contribution is 5.48. The molecule has 1 aliphatic carbocycles. The standard InChI is InChI=1S/C19H23N7/c1-24(11-14-4-3-9-20-10-14)16-12-25(13-16)18-8-7-17-21-22-19(26(17)23-18)15-5-2-6-15/h3-4,7-10,15-16H,2,5-6,11-13H2,1H3. The fourth-order valence-electron chi connectivity index (χ4n) is 3.72. The lowest BCUT2D eigenvalue weighted by Crippen LogP contribution is -2.58. The van der Waals surface area contributed by atoms with E-state index in [0.717, 1.165) is 36.9 Å². The van der Waals surface area contributed by atoms with Crippen LogP contribution in [0.3, 0.4) is 0 Å². The molecule has 2 aliphatic rings. The summed E-state index contributed by atoms with van der Waals surface area (Å²) in [4.78, 5) is 8.92. The number of hydrogen-bond acceptors (Lipinski definition) is 6. The minimum absolute atomic E-state index is 0.530. The molecule has 134 valence electrons. The second-order valence-electron chi connectivity index (χ2n) is 7.48. The average molecular weight is 349 g/mol. The molecule has 3 aromatic rings. The van der Waals surface area contributed by atoms with Gasteiger partial charge in [-0.1, -0.05) is 12.5 Å². The number of pyridine rings is 1. The molecule has 1 saturated carbocycles. The van der Waals surface area contributed by atoms with Gasteiger partial charge in [-0.3, -0.25) is 9.88 Å². The topological polar surface area (TPSA) is 62.5 Å². The minimum Gasteiger partial charge on any atom is -0.352 e. The van der Waals surface area contributed by atoms with E-state index in [2.05, 4.69) is 44.2 Å². The lowest BCUT2D eigenvalue weighted by molar-refractivity contribution is 0.196. The Morgan fingerprint density at radius 2 is 2.04 bits per heavy atom. The van der Waals surface area contributed by atoms with Crippen molar-refractivity contribution in [1.82, 2.24) is 29.7 Å². The first kappa shape index (κ1) is 15.7. The highest BCUT2D eigenvalue weighted by atomic mass is 15.4. The van der Waals surface area contributed by atoms with E-state index in [1.165, 1.54) is 24.8 Å². The van der Waals surface area contributed by atoms with Crippen LogP contribution in [0.4, 0.5) is 5.82 Å². The van der Waals surface area contributed by atoms with Crippen molar-refractivity contribution in [2.45, 2.75) is 37.8 Å². The smallest absolute Gasteiger partial charge is 0.178 e. The summed E-state index contributed by atoms with van der Waals surface area (Å²) in [5.74, 6) is 2.57. The lowest BCUT2D eigenvalue weighted by Gasteiger charge is -2.44. The van der Waals surface area contributed by atoms with E-state index < -0.39 is 0 Å². The van der Waals surface area contributed by atoms with Crippen LogP contribution in [0.25, 0.3) is 5.65 Å². The van der Waals surface area contributed by atoms with Gasteiger partial charge in [-0.2, -0.15) is 4.52 Å². The van der Waals surface area contributed by atoms with Crippen molar-refractivity contribution >= 4 is 11.5 Å². The molecule has 1 aliphatic heterocycles. The van der Waals surface area contributed by atoms with Crippen LogP contribution in [0, 0.1) is 0 Å². The molecule has 7 heteroatoms. The van der Waals surface area contributed by atoms with E-state index in [9.17, 15) is 0 Å². The van der Waals surface area contributed by atoms with Gasteiger partial charge in [0.1, 0.15) is 5.82 Å². The van der Waals surface area contributed by atoms with Gasteiger partial charge in [-0.25, -0.2) is 0 Å².